The van der Waals surface area contributed by atoms with Gasteiger partial charge in [-0.25, -0.2) is 9.45 Å². The van der Waals surface area contributed by atoms with Gasteiger partial charge in [-0.05, 0) is 30.7 Å². The van der Waals surface area contributed by atoms with E-state index in [0.717, 1.165) is 5.06 Å². The van der Waals surface area contributed by atoms with Crippen molar-refractivity contribution >= 4 is 27.5 Å². The van der Waals surface area contributed by atoms with Gasteiger partial charge in [-0.15, -0.1) is 0 Å². The lowest BCUT2D eigenvalue weighted by Crippen LogP contribution is -2.44. The van der Waals surface area contributed by atoms with Crippen molar-refractivity contribution in [2.45, 2.75) is 13.0 Å². The van der Waals surface area contributed by atoms with Crippen molar-refractivity contribution in [2.75, 3.05) is 25.1 Å². The molecule has 1 aromatic carbocycles. The zero-order chi connectivity index (χ0) is 19.7. The average molecular weight is 440 g/mol. The number of halogens is 2. The maximum atomic E-state index is 14.3. The second kappa shape index (κ2) is 7.79. The molecule has 0 aliphatic carbocycles. The Morgan fingerprint density at radius 2 is 2.15 bits per heavy atom. The number of nitrogens with one attached hydrogen (secondary N) is 1. The topological polar surface area (TPSA) is 83.8 Å². The fourth-order valence-electron chi connectivity index (χ4n) is 3.17. The van der Waals surface area contributed by atoms with Crippen molar-refractivity contribution in [2.24, 2.45) is 7.05 Å². The number of amides is 1. The molecule has 27 heavy (non-hydrogen) atoms. The molecule has 1 atom stereocenters. The molecule has 0 radical (unpaired) electrons. The van der Waals surface area contributed by atoms with Crippen LogP contribution in [-0.2, 0) is 11.9 Å². The first-order chi connectivity index (χ1) is 12.8. The molecular formula is C18H19BrFN3O4. The Kier molecular flexibility index (Phi) is 5.64. The van der Waals surface area contributed by atoms with Gasteiger partial charge < -0.3 is 15.0 Å². The SMILES string of the molecule is Cc1c2c(cn(C)c1=O)C(=O)N(OCCO)CC2Nc1ccc(Br)cc1F. The predicted molar refractivity (Wildman–Crippen MR) is 101 cm³/mol. The van der Waals surface area contributed by atoms with E-state index in [1.165, 1.54) is 16.8 Å². The van der Waals surface area contributed by atoms with Gasteiger partial charge in [0.1, 0.15) is 5.82 Å². The standard InChI is InChI=1S/C18H19BrFN3O4/c1-10-16-12(8-22(2)17(10)25)18(26)23(27-6-5-24)9-15(16)21-14-4-3-11(19)7-13(14)20/h3-4,7-8,15,21,24H,5-6,9H2,1-2H3. The van der Waals surface area contributed by atoms with Crippen LogP contribution in [0, 0.1) is 12.7 Å². The number of pyridine rings is 1. The number of benzene rings is 1. The summed E-state index contributed by atoms with van der Waals surface area (Å²) >= 11 is 3.21. The fourth-order valence-corrected chi connectivity index (χ4v) is 3.50. The summed E-state index contributed by atoms with van der Waals surface area (Å²) in [5.74, 6) is -0.876. The minimum atomic E-state index is -0.555. The molecule has 2 heterocycles. The van der Waals surface area contributed by atoms with Gasteiger partial charge in [0.05, 0.1) is 37.1 Å². The smallest absolute Gasteiger partial charge is 0.279 e. The fraction of sp³-hybridized carbons (Fsp3) is 0.333. The van der Waals surface area contributed by atoms with Crippen LogP contribution in [0.15, 0.2) is 33.7 Å². The van der Waals surface area contributed by atoms with E-state index < -0.39 is 17.8 Å². The molecule has 0 saturated carbocycles. The van der Waals surface area contributed by atoms with Crippen molar-refractivity contribution in [3.05, 3.63) is 61.7 Å². The molecule has 9 heteroatoms. The van der Waals surface area contributed by atoms with Gasteiger partial charge in [-0.1, -0.05) is 15.9 Å². The molecule has 2 aromatic rings. The number of aliphatic hydroxyl groups excluding tert-OH is 1. The van der Waals surface area contributed by atoms with E-state index in [2.05, 4.69) is 21.2 Å². The molecule has 7 nitrogen and oxygen atoms in total. The van der Waals surface area contributed by atoms with E-state index in [1.807, 2.05) is 0 Å². The van der Waals surface area contributed by atoms with Crippen LogP contribution in [-0.4, -0.2) is 40.4 Å². The van der Waals surface area contributed by atoms with Crippen LogP contribution >= 0.6 is 15.9 Å². The number of hydrogen-bond acceptors (Lipinski definition) is 5. The highest BCUT2D eigenvalue weighted by molar-refractivity contribution is 9.10. The Hall–Kier alpha value is -2.23. The summed E-state index contributed by atoms with van der Waals surface area (Å²) in [4.78, 5) is 30.5. The minimum Gasteiger partial charge on any atom is -0.394 e. The highest BCUT2D eigenvalue weighted by atomic mass is 79.9. The largest absolute Gasteiger partial charge is 0.394 e. The van der Waals surface area contributed by atoms with Crippen LogP contribution in [0.4, 0.5) is 10.1 Å². The predicted octanol–water partition coefficient (Wildman–Crippen LogP) is 2.13. The van der Waals surface area contributed by atoms with Crippen molar-refractivity contribution in [3.63, 3.8) is 0 Å². The second-order valence-corrected chi connectivity index (χ2v) is 7.16. The molecule has 1 amide bonds. The molecule has 1 aliphatic rings. The highest BCUT2D eigenvalue weighted by Gasteiger charge is 2.35. The molecule has 1 aliphatic heterocycles. The molecule has 0 bridgehead atoms. The van der Waals surface area contributed by atoms with Gasteiger partial charge >= 0.3 is 0 Å². The zero-order valence-corrected chi connectivity index (χ0v) is 16.4. The summed E-state index contributed by atoms with van der Waals surface area (Å²) in [7, 11) is 1.56. The van der Waals surface area contributed by atoms with Gasteiger partial charge in [0.2, 0.25) is 0 Å². The van der Waals surface area contributed by atoms with E-state index in [-0.39, 0.29) is 31.0 Å². The lowest BCUT2D eigenvalue weighted by atomic mass is 9.93. The van der Waals surface area contributed by atoms with Gasteiger partial charge in [0.15, 0.2) is 0 Å². The summed E-state index contributed by atoms with van der Waals surface area (Å²) in [5.41, 5.74) is 1.25. The van der Waals surface area contributed by atoms with E-state index in [9.17, 15) is 14.0 Å². The number of carbonyl (C=O) groups is 1. The van der Waals surface area contributed by atoms with E-state index in [1.54, 1.807) is 26.1 Å². The third-order valence-corrected chi connectivity index (χ3v) is 4.90. The maximum Gasteiger partial charge on any atom is 0.279 e. The Morgan fingerprint density at radius 1 is 1.41 bits per heavy atom. The maximum absolute atomic E-state index is 14.3. The lowest BCUT2D eigenvalue weighted by Gasteiger charge is -2.35. The third kappa shape index (κ3) is 3.76. The number of hydrogen-bond donors (Lipinski definition) is 2. The third-order valence-electron chi connectivity index (χ3n) is 4.41. The number of aryl methyl sites for hydroxylation is 1. The van der Waals surface area contributed by atoms with E-state index in [4.69, 9.17) is 9.94 Å². The number of fused-ring (bicyclic) bond motifs is 1. The summed E-state index contributed by atoms with van der Waals surface area (Å²) in [5, 5.41) is 13.2. The van der Waals surface area contributed by atoms with Crippen LogP contribution in [0.5, 0.6) is 0 Å². The van der Waals surface area contributed by atoms with Crippen molar-refractivity contribution in [1.29, 1.82) is 0 Å². The number of carbonyl (C=O) groups excluding carboxylic acids is 1. The Labute approximate surface area is 163 Å². The molecule has 2 N–H and O–H groups in total. The Balaban J connectivity index is 2.07. The second-order valence-electron chi connectivity index (χ2n) is 6.24. The van der Waals surface area contributed by atoms with Gasteiger partial charge in [0, 0.05) is 23.3 Å². The van der Waals surface area contributed by atoms with Crippen molar-refractivity contribution in [1.82, 2.24) is 9.63 Å². The van der Waals surface area contributed by atoms with Crippen LogP contribution in [0.1, 0.15) is 27.5 Å². The molecule has 144 valence electrons. The number of rotatable bonds is 5. The normalized spacial score (nSPS) is 16.4. The van der Waals surface area contributed by atoms with Crippen molar-refractivity contribution < 1.29 is 19.1 Å². The first-order valence-electron chi connectivity index (χ1n) is 8.30. The molecule has 0 saturated heterocycles. The Morgan fingerprint density at radius 3 is 2.81 bits per heavy atom. The van der Waals surface area contributed by atoms with E-state index in [0.29, 0.717) is 21.2 Å². The van der Waals surface area contributed by atoms with Gasteiger partial charge in [-0.3, -0.25) is 14.4 Å². The molecule has 1 aromatic heterocycles. The van der Waals surface area contributed by atoms with Crippen LogP contribution < -0.4 is 10.9 Å². The van der Waals surface area contributed by atoms with Crippen LogP contribution in [0.25, 0.3) is 0 Å². The average Bonchev–Trinajstić information content (AvgIpc) is 2.63. The first kappa shape index (κ1) is 19.5. The zero-order valence-electron chi connectivity index (χ0n) is 14.8. The molecular weight excluding hydrogens is 421 g/mol. The number of aliphatic hydroxyl groups is 1. The number of aromatic nitrogens is 1. The lowest BCUT2D eigenvalue weighted by molar-refractivity contribution is -0.135. The molecule has 0 spiro atoms. The van der Waals surface area contributed by atoms with Gasteiger partial charge in [0.25, 0.3) is 11.5 Å². The number of anilines is 1. The summed E-state index contributed by atoms with van der Waals surface area (Å²) in [6.45, 7) is 1.41. The summed E-state index contributed by atoms with van der Waals surface area (Å²) in [6.07, 6.45) is 1.45. The number of nitrogens with zero attached hydrogens (tertiary/aromatic N) is 2. The monoisotopic (exact) mass is 439 g/mol. The molecule has 3 rings (SSSR count). The van der Waals surface area contributed by atoms with E-state index >= 15 is 0 Å². The highest BCUT2D eigenvalue weighted by Crippen LogP contribution is 2.32. The minimum absolute atomic E-state index is 0.0504. The van der Waals surface area contributed by atoms with Crippen molar-refractivity contribution in [3.8, 4) is 0 Å². The Bertz CT molecular complexity index is 947. The molecule has 1 unspecified atom stereocenters. The molecule has 0 fully saturated rings. The first-order valence-corrected chi connectivity index (χ1v) is 9.10. The summed E-state index contributed by atoms with van der Waals surface area (Å²) < 4.78 is 16.2. The van der Waals surface area contributed by atoms with Gasteiger partial charge in [-0.2, -0.15) is 0 Å². The number of hydroxylamine groups is 2. The van der Waals surface area contributed by atoms with Crippen LogP contribution in [0.3, 0.4) is 0 Å². The quantitative estimate of drug-likeness (QED) is 0.745. The summed E-state index contributed by atoms with van der Waals surface area (Å²) in [6, 6.07) is 4.04. The van der Waals surface area contributed by atoms with Crippen LogP contribution in [0.2, 0.25) is 0 Å².